The quantitative estimate of drug-likeness (QED) is 0.649. The van der Waals surface area contributed by atoms with Crippen molar-refractivity contribution < 1.29 is 14.3 Å². The van der Waals surface area contributed by atoms with E-state index in [0.29, 0.717) is 28.6 Å². The van der Waals surface area contributed by atoms with Gasteiger partial charge in [-0.15, -0.1) is 0 Å². The molecule has 2 aromatic carbocycles. The zero-order valence-corrected chi connectivity index (χ0v) is 16.7. The van der Waals surface area contributed by atoms with E-state index in [-0.39, 0.29) is 18.1 Å². The predicted octanol–water partition coefficient (Wildman–Crippen LogP) is 5.10. The lowest BCUT2D eigenvalue weighted by atomic mass is 9.87. The molecule has 1 aliphatic rings. The molecule has 0 aliphatic carbocycles. The molecular weight excluding hydrogens is 366 g/mol. The molecule has 6 nitrogen and oxygen atoms in total. The Hall–Kier alpha value is -3.54. The van der Waals surface area contributed by atoms with Crippen LogP contribution >= 0.6 is 0 Å². The Kier molecular flexibility index (Phi) is 4.84. The number of nitrogens with zero attached hydrogens (tertiary/aromatic N) is 1. The first-order valence-corrected chi connectivity index (χ1v) is 9.43. The van der Waals surface area contributed by atoms with Gasteiger partial charge in [0, 0.05) is 29.2 Å². The summed E-state index contributed by atoms with van der Waals surface area (Å²) in [6.07, 6.45) is 1.61. The van der Waals surface area contributed by atoms with Crippen LogP contribution in [0.25, 0.3) is 0 Å². The molecule has 2 N–H and O–H groups in total. The number of rotatable bonds is 4. The standard InChI is InChI=1S/C23H23N3O3/c1-23(2,3)16-4-6-17(7-5-16)25-21-12-15(10-11-24-21)22(27)26-18-8-9-19-20(13-18)29-14-28-19/h4-13H,14H2,1-3H3,(H,24,25)(H,26,27). The van der Waals surface area contributed by atoms with Gasteiger partial charge in [-0.3, -0.25) is 4.79 Å². The molecule has 4 rings (SSSR count). The summed E-state index contributed by atoms with van der Waals surface area (Å²) in [4.78, 5) is 17.0. The molecule has 0 unspecified atom stereocenters. The van der Waals surface area contributed by atoms with Gasteiger partial charge in [0.25, 0.3) is 5.91 Å². The van der Waals surface area contributed by atoms with Gasteiger partial charge in [0.15, 0.2) is 11.5 Å². The first-order valence-electron chi connectivity index (χ1n) is 9.43. The van der Waals surface area contributed by atoms with Crippen molar-refractivity contribution in [2.75, 3.05) is 17.4 Å². The van der Waals surface area contributed by atoms with Crippen LogP contribution in [0.2, 0.25) is 0 Å². The number of hydrogen-bond acceptors (Lipinski definition) is 5. The van der Waals surface area contributed by atoms with Crippen LogP contribution in [0.3, 0.4) is 0 Å². The number of ether oxygens (including phenoxy) is 2. The molecule has 29 heavy (non-hydrogen) atoms. The van der Waals surface area contributed by atoms with Gasteiger partial charge in [-0.1, -0.05) is 32.9 Å². The monoisotopic (exact) mass is 389 g/mol. The minimum absolute atomic E-state index is 0.101. The summed E-state index contributed by atoms with van der Waals surface area (Å²) in [7, 11) is 0. The summed E-state index contributed by atoms with van der Waals surface area (Å²) in [5.41, 5.74) is 3.42. The highest BCUT2D eigenvalue weighted by molar-refractivity contribution is 6.04. The molecule has 3 aromatic rings. The number of nitrogens with one attached hydrogen (secondary N) is 2. The highest BCUT2D eigenvalue weighted by atomic mass is 16.7. The van der Waals surface area contributed by atoms with E-state index in [2.05, 4.69) is 48.5 Å². The lowest BCUT2D eigenvalue weighted by Crippen LogP contribution is -2.12. The summed E-state index contributed by atoms with van der Waals surface area (Å²) >= 11 is 0. The first-order chi connectivity index (χ1) is 13.9. The second kappa shape index (κ2) is 7.47. The molecular formula is C23H23N3O3. The lowest BCUT2D eigenvalue weighted by Gasteiger charge is -2.19. The lowest BCUT2D eigenvalue weighted by molar-refractivity contribution is 0.102. The van der Waals surface area contributed by atoms with E-state index in [9.17, 15) is 4.79 Å². The van der Waals surface area contributed by atoms with Crippen molar-refractivity contribution in [3.05, 3.63) is 71.9 Å². The smallest absolute Gasteiger partial charge is 0.255 e. The highest BCUT2D eigenvalue weighted by Gasteiger charge is 2.15. The van der Waals surface area contributed by atoms with Crippen LogP contribution in [-0.2, 0) is 5.41 Å². The van der Waals surface area contributed by atoms with Crippen LogP contribution < -0.4 is 20.1 Å². The van der Waals surface area contributed by atoms with Crippen LogP contribution in [0.4, 0.5) is 17.2 Å². The van der Waals surface area contributed by atoms with Gasteiger partial charge in [-0.25, -0.2) is 4.98 Å². The van der Waals surface area contributed by atoms with Crippen molar-refractivity contribution in [2.24, 2.45) is 0 Å². The van der Waals surface area contributed by atoms with Crippen LogP contribution in [0.1, 0.15) is 36.7 Å². The summed E-state index contributed by atoms with van der Waals surface area (Å²) < 4.78 is 10.6. The zero-order chi connectivity index (χ0) is 20.4. The molecule has 0 saturated heterocycles. The molecule has 1 aliphatic heterocycles. The molecule has 2 heterocycles. The van der Waals surface area contributed by atoms with Gasteiger partial charge in [-0.05, 0) is 47.4 Å². The van der Waals surface area contributed by atoms with E-state index < -0.39 is 0 Å². The number of fused-ring (bicyclic) bond motifs is 1. The minimum atomic E-state index is -0.225. The number of aromatic nitrogens is 1. The number of pyridine rings is 1. The largest absolute Gasteiger partial charge is 0.454 e. The summed E-state index contributed by atoms with van der Waals surface area (Å²) in [6.45, 7) is 6.74. The molecule has 148 valence electrons. The van der Waals surface area contributed by atoms with Crippen molar-refractivity contribution in [3.63, 3.8) is 0 Å². The van der Waals surface area contributed by atoms with E-state index in [4.69, 9.17) is 9.47 Å². The van der Waals surface area contributed by atoms with Crippen molar-refractivity contribution >= 4 is 23.1 Å². The van der Waals surface area contributed by atoms with Gasteiger partial charge in [0.1, 0.15) is 5.82 Å². The third kappa shape index (κ3) is 4.32. The average Bonchev–Trinajstić information content (AvgIpc) is 3.16. The molecule has 1 aromatic heterocycles. The summed E-state index contributed by atoms with van der Waals surface area (Å²) in [6, 6.07) is 16.9. The van der Waals surface area contributed by atoms with E-state index in [0.717, 1.165) is 5.69 Å². The second-order valence-corrected chi connectivity index (χ2v) is 7.90. The summed E-state index contributed by atoms with van der Waals surface area (Å²) in [5, 5.41) is 6.12. The van der Waals surface area contributed by atoms with Crippen molar-refractivity contribution in [1.82, 2.24) is 4.98 Å². The number of hydrogen-bond donors (Lipinski definition) is 2. The number of benzene rings is 2. The van der Waals surface area contributed by atoms with Crippen LogP contribution in [-0.4, -0.2) is 17.7 Å². The molecule has 0 bridgehead atoms. The maximum atomic E-state index is 12.6. The zero-order valence-electron chi connectivity index (χ0n) is 16.7. The number of anilines is 3. The fraction of sp³-hybridized carbons (Fsp3) is 0.217. The van der Waals surface area contributed by atoms with Crippen molar-refractivity contribution in [1.29, 1.82) is 0 Å². The molecule has 0 fully saturated rings. The highest BCUT2D eigenvalue weighted by Crippen LogP contribution is 2.34. The van der Waals surface area contributed by atoms with Crippen LogP contribution in [0, 0.1) is 0 Å². The normalized spacial score (nSPS) is 12.5. The van der Waals surface area contributed by atoms with E-state index in [1.807, 2.05) is 12.1 Å². The Morgan fingerprint density at radius 1 is 0.931 bits per heavy atom. The van der Waals surface area contributed by atoms with E-state index in [1.54, 1.807) is 36.5 Å². The Morgan fingerprint density at radius 2 is 1.66 bits per heavy atom. The number of carbonyl (C=O) groups excluding carboxylic acids is 1. The number of carbonyl (C=O) groups is 1. The van der Waals surface area contributed by atoms with Gasteiger partial charge in [-0.2, -0.15) is 0 Å². The molecule has 6 heteroatoms. The maximum absolute atomic E-state index is 12.6. The van der Waals surface area contributed by atoms with Crippen LogP contribution in [0.15, 0.2) is 60.8 Å². The Balaban J connectivity index is 1.46. The minimum Gasteiger partial charge on any atom is -0.454 e. The van der Waals surface area contributed by atoms with Crippen molar-refractivity contribution in [2.45, 2.75) is 26.2 Å². The Morgan fingerprint density at radius 3 is 2.41 bits per heavy atom. The Labute approximate surface area is 169 Å². The molecule has 0 radical (unpaired) electrons. The van der Waals surface area contributed by atoms with E-state index >= 15 is 0 Å². The van der Waals surface area contributed by atoms with E-state index in [1.165, 1.54) is 5.56 Å². The molecule has 0 saturated carbocycles. The summed E-state index contributed by atoms with van der Waals surface area (Å²) in [5.74, 6) is 1.68. The molecule has 0 atom stereocenters. The molecule has 0 spiro atoms. The maximum Gasteiger partial charge on any atom is 0.255 e. The van der Waals surface area contributed by atoms with Crippen LogP contribution in [0.5, 0.6) is 11.5 Å². The van der Waals surface area contributed by atoms with Gasteiger partial charge in [0.05, 0.1) is 0 Å². The fourth-order valence-electron chi connectivity index (χ4n) is 3.02. The topological polar surface area (TPSA) is 72.5 Å². The van der Waals surface area contributed by atoms with Gasteiger partial charge in [0.2, 0.25) is 6.79 Å². The van der Waals surface area contributed by atoms with Crippen molar-refractivity contribution in [3.8, 4) is 11.5 Å². The fourth-order valence-corrected chi connectivity index (χ4v) is 3.02. The predicted molar refractivity (Wildman–Crippen MR) is 113 cm³/mol. The second-order valence-electron chi connectivity index (χ2n) is 7.90. The SMILES string of the molecule is CC(C)(C)c1ccc(Nc2cc(C(=O)Nc3ccc4c(c3)OCO4)ccn2)cc1. The average molecular weight is 389 g/mol. The molecule has 1 amide bonds. The third-order valence-electron chi connectivity index (χ3n) is 4.68. The Bertz CT molecular complexity index is 1040. The van der Waals surface area contributed by atoms with Gasteiger partial charge < -0.3 is 20.1 Å². The first kappa shape index (κ1) is 18.8. The third-order valence-corrected chi connectivity index (χ3v) is 4.68. The van der Waals surface area contributed by atoms with Gasteiger partial charge >= 0.3 is 0 Å². The number of amides is 1.